The average Bonchev–Trinajstić information content (AvgIpc) is 2.26. The van der Waals surface area contributed by atoms with E-state index < -0.39 is 12.1 Å². The summed E-state index contributed by atoms with van der Waals surface area (Å²) in [6, 6.07) is 6.84. The lowest BCUT2D eigenvalue weighted by atomic mass is 10.1. The van der Waals surface area contributed by atoms with Gasteiger partial charge in [0.15, 0.2) is 0 Å². The Morgan fingerprint density at radius 1 is 1.25 bits per heavy atom. The lowest BCUT2D eigenvalue weighted by molar-refractivity contribution is -0.130. The van der Waals surface area contributed by atoms with Crippen LogP contribution in [0.1, 0.15) is 13.8 Å². The SMILES string of the molecule is CC(C)N1C(=O)C(O)N(O)c2ccccc21. The molecule has 2 rings (SSSR count). The van der Waals surface area contributed by atoms with E-state index in [0.717, 1.165) is 0 Å². The summed E-state index contributed by atoms with van der Waals surface area (Å²) in [5, 5.41) is 19.8. The highest BCUT2D eigenvalue weighted by atomic mass is 16.5. The highest BCUT2D eigenvalue weighted by molar-refractivity contribution is 6.04. The monoisotopic (exact) mass is 222 g/mol. The third-order valence-electron chi connectivity index (χ3n) is 2.59. The van der Waals surface area contributed by atoms with Crippen LogP contribution in [0.3, 0.4) is 0 Å². The lowest BCUT2D eigenvalue weighted by Crippen LogP contribution is -2.54. The van der Waals surface area contributed by atoms with Crippen LogP contribution in [0.25, 0.3) is 0 Å². The molecular formula is C11H14N2O3. The minimum absolute atomic E-state index is 0.0722. The number of anilines is 2. The number of amides is 1. The van der Waals surface area contributed by atoms with Gasteiger partial charge in [-0.2, -0.15) is 0 Å². The van der Waals surface area contributed by atoms with Gasteiger partial charge in [0.25, 0.3) is 5.91 Å². The molecule has 1 aliphatic rings. The van der Waals surface area contributed by atoms with Crippen molar-refractivity contribution in [2.45, 2.75) is 26.1 Å². The number of nitrogens with zero attached hydrogens (tertiary/aromatic N) is 2. The molecule has 0 bridgehead atoms. The summed E-state index contributed by atoms with van der Waals surface area (Å²) < 4.78 is 0. The molecule has 0 saturated heterocycles. The highest BCUT2D eigenvalue weighted by Gasteiger charge is 2.37. The topological polar surface area (TPSA) is 64.0 Å². The van der Waals surface area contributed by atoms with E-state index in [-0.39, 0.29) is 6.04 Å². The Kier molecular flexibility index (Phi) is 2.57. The maximum Gasteiger partial charge on any atom is 0.279 e. The maximum atomic E-state index is 11.8. The van der Waals surface area contributed by atoms with Gasteiger partial charge in [-0.25, -0.2) is 5.06 Å². The third-order valence-corrected chi connectivity index (χ3v) is 2.59. The molecule has 1 aromatic rings. The summed E-state index contributed by atoms with van der Waals surface area (Å²) in [5.74, 6) is -0.517. The van der Waals surface area contributed by atoms with Gasteiger partial charge < -0.3 is 10.0 Å². The zero-order valence-electron chi connectivity index (χ0n) is 9.16. The van der Waals surface area contributed by atoms with E-state index in [9.17, 15) is 15.1 Å². The van der Waals surface area contributed by atoms with Gasteiger partial charge in [-0.05, 0) is 26.0 Å². The number of hydroxylamine groups is 1. The number of hydrogen-bond donors (Lipinski definition) is 2. The highest BCUT2D eigenvalue weighted by Crippen LogP contribution is 2.35. The van der Waals surface area contributed by atoms with Crippen molar-refractivity contribution in [2.75, 3.05) is 9.96 Å². The predicted octanol–water partition coefficient (Wildman–Crippen LogP) is 0.956. The molecule has 0 saturated carbocycles. The zero-order valence-corrected chi connectivity index (χ0v) is 9.16. The molecular weight excluding hydrogens is 208 g/mol. The first-order valence-electron chi connectivity index (χ1n) is 5.12. The molecule has 16 heavy (non-hydrogen) atoms. The normalized spacial score (nSPS) is 20.3. The van der Waals surface area contributed by atoms with E-state index in [1.54, 1.807) is 24.3 Å². The van der Waals surface area contributed by atoms with Crippen LogP contribution in [0.4, 0.5) is 11.4 Å². The second-order valence-corrected chi connectivity index (χ2v) is 4.01. The van der Waals surface area contributed by atoms with Gasteiger partial charge in [0, 0.05) is 6.04 Å². The van der Waals surface area contributed by atoms with Gasteiger partial charge in [-0.1, -0.05) is 12.1 Å². The van der Waals surface area contributed by atoms with Crippen molar-refractivity contribution in [2.24, 2.45) is 0 Å². The van der Waals surface area contributed by atoms with Crippen molar-refractivity contribution < 1.29 is 15.1 Å². The Morgan fingerprint density at radius 2 is 1.81 bits per heavy atom. The van der Waals surface area contributed by atoms with Gasteiger partial charge in [-0.3, -0.25) is 10.0 Å². The first-order valence-corrected chi connectivity index (χ1v) is 5.12. The number of benzene rings is 1. The standard InChI is InChI=1S/C11H14N2O3/c1-7(2)12-8-5-3-4-6-9(8)13(16)11(15)10(12)14/h3-7,11,15-16H,1-2H3. The van der Waals surface area contributed by atoms with Gasteiger partial charge in [0.05, 0.1) is 11.4 Å². The molecule has 1 amide bonds. The fraction of sp³-hybridized carbons (Fsp3) is 0.364. The van der Waals surface area contributed by atoms with E-state index >= 15 is 0 Å². The van der Waals surface area contributed by atoms with Gasteiger partial charge in [-0.15, -0.1) is 0 Å². The number of fused-ring (bicyclic) bond motifs is 1. The van der Waals surface area contributed by atoms with E-state index in [0.29, 0.717) is 16.4 Å². The number of carbonyl (C=O) groups is 1. The molecule has 1 aromatic carbocycles. The molecule has 2 N–H and O–H groups in total. The Labute approximate surface area is 93.5 Å². The fourth-order valence-electron chi connectivity index (χ4n) is 1.87. The van der Waals surface area contributed by atoms with Gasteiger partial charge in [0.1, 0.15) is 0 Å². The van der Waals surface area contributed by atoms with Crippen LogP contribution in [0, 0.1) is 0 Å². The molecule has 0 aliphatic carbocycles. The number of para-hydroxylation sites is 2. The summed E-state index contributed by atoms with van der Waals surface area (Å²) in [5.41, 5.74) is 1.04. The summed E-state index contributed by atoms with van der Waals surface area (Å²) in [6.07, 6.45) is -1.53. The average molecular weight is 222 g/mol. The van der Waals surface area contributed by atoms with Crippen LogP contribution in [-0.4, -0.2) is 28.5 Å². The molecule has 1 atom stereocenters. The number of aliphatic hydroxyl groups excluding tert-OH is 1. The van der Waals surface area contributed by atoms with Crippen molar-refractivity contribution in [3.63, 3.8) is 0 Å². The molecule has 86 valence electrons. The van der Waals surface area contributed by atoms with Crippen LogP contribution in [-0.2, 0) is 4.79 Å². The molecule has 5 heteroatoms. The van der Waals surface area contributed by atoms with Crippen molar-refractivity contribution in [3.05, 3.63) is 24.3 Å². The summed E-state index contributed by atoms with van der Waals surface area (Å²) in [4.78, 5) is 13.3. The van der Waals surface area contributed by atoms with Crippen molar-refractivity contribution in [3.8, 4) is 0 Å². The van der Waals surface area contributed by atoms with Crippen molar-refractivity contribution in [1.29, 1.82) is 0 Å². The summed E-state index contributed by atoms with van der Waals surface area (Å²) in [7, 11) is 0. The molecule has 0 radical (unpaired) electrons. The molecule has 1 aliphatic heterocycles. The minimum Gasteiger partial charge on any atom is -0.364 e. The number of aliphatic hydroxyl groups is 1. The Bertz CT molecular complexity index is 419. The molecule has 1 heterocycles. The predicted molar refractivity (Wildman–Crippen MR) is 59.3 cm³/mol. The Hall–Kier alpha value is -1.59. The molecule has 1 unspecified atom stereocenters. The van der Waals surface area contributed by atoms with Crippen molar-refractivity contribution >= 4 is 17.3 Å². The molecule has 0 aromatic heterocycles. The van der Waals surface area contributed by atoms with Gasteiger partial charge in [0.2, 0.25) is 6.23 Å². The summed E-state index contributed by atoms with van der Waals surface area (Å²) >= 11 is 0. The minimum atomic E-state index is -1.53. The second-order valence-electron chi connectivity index (χ2n) is 4.01. The smallest absolute Gasteiger partial charge is 0.279 e. The van der Waals surface area contributed by atoms with Crippen LogP contribution in [0.5, 0.6) is 0 Å². The van der Waals surface area contributed by atoms with Crippen LogP contribution in [0.15, 0.2) is 24.3 Å². The molecule has 5 nitrogen and oxygen atoms in total. The first kappa shape index (κ1) is 10.9. The number of rotatable bonds is 1. The van der Waals surface area contributed by atoms with E-state index in [4.69, 9.17) is 0 Å². The Morgan fingerprint density at radius 3 is 2.38 bits per heavy atom. The van der Waals surface area contributed by atoms with Crippen molar-refractivity contribution in [1.82, 2.24) is 0 Å². The fourth-order valence-corrected chi connectivity index (χ4v) is 1.87. The number of hydrogen-bond acceptors (Lipinski definition) is 4. The van der Waals surface area contributed by atoms with Crippen LogP contribution < -0.4 is 9.96 Å². The lowest BCUT2D eigenvalue weighted by Gasteiger charge is -2.38. The molecule has 0 fully saturated rings. The third kappa shape index (κ3) is 1.45. The van der Waals surface area contributed by atoms with E-state index in [1.165, 1.54) is 4.90 Å². The van der Waals surface area contributed by atoms with Crippen LogP contribution in [0.2, 0.25) is 0 Å². The summed E-state index contributed by atoms with van der Waals surface area (Å²) in [6.45, 7) is 3.71. The van der Waals surface area contributed by atoms with E-state index in [1.807, 2.05) is 13.8 Å². The zero-order chi connectivity index (χ0) is 11.9. The first-order chi connectivity index (χ1) is 7.54. The van der Waals surface area contributed by atoms with Gasteiger partial charge >= 0.3 is 0 Å². The quantitative estimate of drug-likeness (QED) is 0.742. The van der Waals surface area contributed by atoms with Crippen LogP contribution >= 0.6 is 0 Å². The van der Waals surface area contributed by atoms with E-state index in [2.05, 4.69) is 0 Å². The number of carbonyl (C=O) groups excluding carboxylic acids is 1. The largest absolute Gasteiger partial charge is 0.364 e. The molecule has 0 spiro atoms. The second kappa shape index (κ2) is 3.77. The Balaban J connectivity index is 2.57. The maximum absolute atomic E-state index is 11.8.